The lowest BCUT2D eigenvalue weighted by molar-refractivity contribution is -0.00187. The van der Waals surface area contributed by atoms with E-state index in [0.29, 0.717) is 11.5 Å². The van der Waals surface area contributed by atoms with Crippen molar-refractivity contribution in [2.45, 2.75) is 59.0 Å². The van der Waals surface area contributed by atoms with E-state index < -0.39 is 0 Å². The number of rotatable bonds is 2. The highest BCUT2D eigenvalue weighted by molar-refractivity contribution is 4.97. The highest BCUT2D eigenvalue weighted by atomic mass is 16.5. The standard InChI is InChI=1S/C16H32N2O/c1-15(2,3)14-10-17-16(4,5)12-18(14)11-13-6-8-19-9-7-13/h13-14,17H,6-12H2,1-5H3. The summed E-state index contributed by atoms with van der Waals surface area (Å²) in [6.45, 7) is 17.2. The first-order valence-electron chi connectivity index (χ1n) is 7.85. The SMILES string of the molecule is CC1(C)CN(CC2CCOCC2)C(C(C)(C)C)CN1. The molecule has 0 aromatic rings. The molecule has 2 fully saturated rings. The predicted octanol–water partition coefficient (Wildman–Crippen LogP) is 2.51. The summed E-state index contributed by atoms with van der Waals surface area (Å²) >= 11 is 0. The third-order valence-electron chi connectivity index (χ3n) is 4.65. The summed E-state index contributed by atoms with van der Waals surface area (Å²) in [7, 11) is 0. The molecule has 19 heavy (non-hydrogen) atoms. The van der Waals surface area contributed by atoms with Crippen LogP contribution in [-0.4, -0.2) is 49.3 Å². The van der Waals surface area contributed by atoms with Crippen molar-refractivity contribution >= 4 is 0 Å². The summed E-state index contributed by atoms with van der Waals surface area (Å²) in [5.74, 6) is 0.826. The van der Waals surface area contributed by atoms with E-state index in [4.69, 9.17) is 4.74 Å². The molecule has 2 aliphatic rings. The van der Waals surface area contributed by atoms with Crippen LogP contribution in [0.1, 0.15) is 47.5 Å². The van der Waals surface area contributed by atoms with Crippen LogP contribution in [0.2, 0.25) is 0 Å². The molecule has 0 bridgehead atoms. The van der Waals surface area contributed by atoms with Gasteiger partial charge >= 0.3 is 0 Å². The number of ether oxygens (including phenoxy) is 1. The first-order valence-corrected chi connectivity index (χ1v) is 7.85. The van der Waals surface area contributed by atoms with Crippen LogP contribution >= 0.6 is 0 Å². The van der Waals surface area contributed by atoms with Gasteiger partial charge in [-0.3, -0.25) is 4.90 Å². The Morgan fingerprint density at radius 1 is 1.21 bits per heavy atom. The number of nitrogens with zero attached hydrogens (tertiary/aromatic N) is 1. The average molecular weight is 268 g/mol. The molecule has 112 valence electrons. The summed E-state index contributed by atoms with van der Waals surface area (Å²) < 4.78 is 5.49. The summed E-state index contributed by atoms with van der Waals surface area (Å²) in [6.07, 6.45) is 2.47. The average Bonchev–Trinajstić information content (AvgIpc) is 2.27. The predicted molar refractivity (Wildman–Crippen MR) is 80.4 cm³/mol. The number of piperazine rings is 1. The Morgan fingerprint density at radius 2 is 1.84 bits per heavy atom. The second-order valence-electron chi connectivity index (χ2n) is 8.13. The Bertz CT molecular complexity index is 290. The largest absolute Gasteiger partial charge is 0.381 e. The Hall–Kier alpha value is -0.120. The molecule has 3 heteroatoms. The van der Waals surface area contributed by atoms with Gasteiger partial charge in [0.25, 0.3) is 0 Å². The topological polar surface area (TPSA) is 24.5 Å². The molecule has 1 unspecified atom stereocenters. The minimum absolute atomic E-state index is 0.243. The second kappa shape index (κ2) is 5.71. The Balaban J connectivity index is 2.02. The molecule has 2 aliphatic heterocycles. The van der Waals surface area contributed by atoms with E-state index >= 15 is 0 Å². The second-order valence-corrected chi connectivity index (χ2v) is 8.13. The lowest BCUT2D eigenvalue weighted by atomic mass is 9.81. The van der Waals surface area contributed by atoms with Crippen molar-refractivity contribution in [2.75, 3.05) is 32.8 Å². The van der Waals surface area contributed by atoms with Gasteiger partial charge in [0.05, 0.1) is 0 Å². The van der Waals surface area contributed by atoms with Gasteiger partial charge < -0.3 is 10.1 Å². The van der Waals surface area contributed by atoms with E-state index in [2.05, 4.69) is 44.8 Å². The van der Waals surface area contributed by atoms with Gasteiger partial charge in [0.1, 0.15) is 0 Å². The molecule has 0 aromatic heterocycles. The molecule has 1 N–H and O–H groups in total. The fourth-order valence-electron chi connectivity index (χ4n) is 3.48. The van der Waals surface area contributed by atoms with Crippen LogP contribution in [0.15, 0.2) is 0 Å². The third kappa shape index (κ3) is 4.17. The van der Waals surface area contributed by atoms with Crippen molar-refractivity contribution in [1.82, 2.24) is 10.2 Å². The van der Waals surface area contributed by atoms with Crippen molar-refractivity contribution in [3.63, 3.8) is 0 Å². The van der Waals surface area contributed by atoms with E-state index in [1.807, 2.05) is 0 Å². The number of hydrogen-bond acceptors (Lipinski definition) is 3. The van der Waals surface area contributed by atoms with Crippen LogP contribution in [0.3, 0.4) is 0 Å². The van der Waals surface area contributed by atoms with E-state index in [0.717, 1.165) is 32.2 Å². The lowest BCUT2D eigenvalue weighted by Gasteiger charge is -2.50. The van der Waals surface area contributed by atoms with Crippen LogP contribution < -0.4 is 5.32 Å². The van der Waals surface area contributed by atoms with Crippen LogP contribution in [0.4, 0.5) is 0 Å². The van der Waals surface area contributed by atoms with Crippen molar-refractivity contribution in [1.29, 1.82) is 0 Å². The van der Waals surface area contributed by atoms with Crippen LogP contribution in [0, 0.1) is 11.3 Å². The third-order valence-corrected chi connectivity index (χ3v) is 4.65. The van der Waals surface area contributed by atoms with Crippen molar-refractivity contribution < 1.29 is 4.74 Å². The fourth-order valence-corrected chi connectivity index (χ4v) is 3.48. The van der Waals surface area contributed by atoms with Gasteiger partial charge in [-0.05, 0) is 38.0 Å². The molecule has 0 radical (unpaired) electrons. The van der Waals surface area contributed by atoms with Crippen LogP contribution in [0.25, 0.3) is 0 Å². The van der Waals surface area contributed by atoms with Gasteiger partial charge in [-0.15, -0.1) is 0 Å². The van der Waals surface area contributed by atoms with E-state index in [1.165, 1.54) is 19.4 Å². The zero-order valence-electron chi connectivity index (χ0n) is 13.5. The van der Waals surface area contributed by atoms with Crippen LogP contribution in [-0.2, 0) is 4.74 Å². The number of nitrogens with one attached hydrogen (secondary N) is 1. The first-order chi connectivity index (χ1) is 8.78. The van der Waals surface area contributed by atoms with Gasteiger partial charge in [0, 0.05) is 44.4 Å². The highest BCUT2D eigenvalue weighted by Crippen LogP contribution is 2.30. The molecule has 2 heterocycles. The maximum atomic E-state index is 5.49. The monoisotopic (exact) mass is 268 g/mol. The molecule has 0 amide bonds. The van der Waals surface area contributed by atoms with Crippen molar-refractivity contribution in [3.05, 3.63) is 0 Å². The zero-order valence-corrected chi connectivity index (χ0v) is 13.5. The molecule has 0 aromatic carbocycles. The molecule has 2 rings (SSSR count). The molecule has 3 nitrogen and oxygen atoms in total. The molecular weight excluding hydrogens is 236 g/mol. The van der Waals surface area contributed by atoms with Crippen molar-refractivity contribution in [2.24, 2.45) is 11.3 Å². The molecule has 0 spiro atoms. The minimum Gasteiger partial charge on any atom is -0.381 e. The molecule has 2 saturated heterocycles. The van der Waals surface area contributed by atoms with E-state index in [9.17, 15) is 0 Å². The maximum absolute atomic E-state index is 5.49. The normalized spacial score (nSPS) is 30.5. The Morgan fingerprint density at radius 3 is 2.42 bits per heavy atom. The van der Waals surface area contributed by atoms with E-state index in [-0.39, 0.29) is 5.54 Å². The smallest absolute Gasteiger partial charge is 0.0469 e. The first kappa shape index (κ1) is 15.3. The maximum Gasteiger partial charge on any atom is 0.0469 e. The summed E-state index contributed by atoms with van der Waals surface area (Å²) in [6, 6.07) is 0.642. The lowest BCUT2D eigenvalue weighted by Crippen LogP contribution is -2.65. The molecule has 0 aliphatic carbocycles. The van der Waals surface area contributed by atoms with Gasteiger partial charge in [0.2, 0.25) is 0 Å². The number of hydrogen-bond donors (Lipinski definition) is 1. The van der Waals surface area contributed by atoms with Crippen molar-refractivity contribution in [3.8, 4) is 0 Å². The summed E-state index contributed by atoms with van der Waals surface area (Å²) in [4.78, 5) is 2.74. The quantitative estimate of drug-likeness (QED) is 0.833. The van der Waals surface area contributed by atoms with Gasteiger partial charge in [-0.1, -0.05) is 20.8 Å². The van der Waals surface area contributed by atoms with Crippen LogP contribution in [0.5, 0.6) is 0 Å². The summed E-state index contributed by atoms with van der Waals surface area (Å²) in [5.41, 5.74) is 0.585. The minimum atomic E-state index is 0.243. The van der Waals surface area contributed by atoms with Gasteiger partial charge in [-0.25, -0.2) is 0 Å². The zero-order chi connectivity index (χ0) is 14.1. The Labute approximate surface area is 119 Å². The summed E-state index contributed by atoms with van der Waals surface area (Å²) in [5, 5.41) is 3.72. The molecular formula is C16H32N2O. The fraction of sp³-hybridized carbons (Fsp3) is 1.00. The van der Waals surface area contributed by atoms with Gasteiger partial charge in [0.15, 0.2) is 0 Å². The Kier molecular flexibility index (Phi) is 4.59. The van der Waals surface area contributed by atoms with Gasteiger partial charge in [-0.2, -0.15) is 0 Å². The highest BCUT2D eigenvalue weighted by Gasteiger charge is 2.39. The van der Waals surface area contributed by atoms with E-state index in [1.54, 1.807) is 0 Å². The molecule has 0 saturated carbocycles. The molecule has 1 atom stereocenters.